The van der Waals surface area contributed by atoms with Gasteiger partial charge in [0.15, 0.2) is 0 Å². The lowest BCUT2D eigenvalue weighted by molar-refractivity contribution is -0.859. The minimum atomic E-state index is -0.0697. The van der Waals surface area contributed by atoms with Crippen molar-refractivity contribution < 1.29 is 22.1 Å². The summed E-state index contributed by atoms with van der Waals surface area (Å²) in [4.78, 5) is 12.4. The summed E-state index contributed by atoms with van der Waals surface area (Å²) in [6, 6.07) is 0.278. The molecule has 0 saturated carbocycles. The number of carbonyl (C=O) groups is 1. The van der Waals surface area contributed by atoms with Crippen molar-refractivity contribution >= 4 is 5.91 Å². The van der Waals surface area contributed by atoms with Crippen LogP contribution >= 0.6 is 0 Å². The van der Waals surface area contributed by atoms with Gasteiger partial charge in [-0.3, -0.25) is 4.79 Å². The Hall–Kier alpha value is -0.540. The first kappa shape index (κ1) is 15.9. The molecular formula is C10H21ClN2O. The van der Waals surface area contributed by atoms with E-state index in [-0.39, 0.29) is 24.4 Å². The first-order chi connectivity index (χ1) is 6.10. The number of quaternary nitrogens is 1. The van der Waals surface area contributed by atoms with Crippen LogP contribution in [0.5, 0.6) is 0 Å². The van der Waals surface area contributed by atoms with Crippen LogP contribution < -0.4 is 22.6 Å². The molecule has 1 atom stereocenters. The van der Waals surface area contributed by atoms with E-state index in [9.17, 15) is 4.79 Å². The van der Waals surface area contributed by atoms with Crippen molar-refractivity contribution in [2.45, 2.75) is 25.8 Å². The fourth-order valence-corrected chi connectivity index (χ4v) is 1.33. The quantitative estimate of drug-likeness (QED) is 0.450. The third-order valence-electron chi connectivity index (χ3n) is 1.82. The SMILES string of the molecule is C=CC(=O)NC(CCC)C[NH+](C)C.[Cl-]. The maximum atomic E-state index is 11.0. The lowest BCUT2D eigenvalue weighted by atomic mass is 10.1. The van der Waals surface area contributed by atoms with Crippen molar-refractivity contribution in [3.8, 4) is 0 Å². The van der Waals surface area contributed by atoms with E-state index >= 15 is 0 Å². The third kappa shape index (κ3) is 8.08. The molecule has 84 valence electrons. The van der Waals surface area contributed by atoms with Crippen molar-refractivity contribution in [2.24, 2.45) is 0 Å². The standard InChI is InChI=1S/C10H20N2O.ClH/c1-5-7-9(8-12(3)4)11-10(13)6-2;/h6,9H,2,5,7-8H2,1,3-4H3,(H,11,13);1H. The molecule has 4 heteroatoms. The highest BCUT2D eigenvalue weighted by Gasteiger charge is 2.12. The van der Waals surface area contributed by atoms with Crippen molar-refractivity contribution in [1.29, 1.82) is 0 Å². The number of carbonyl (C=O) groups excluding carboxylic acids is 1. The topological polar surface area (TPSA) is 33.5 Å². The minimum absolute atomic E-state index is 0. The molecule has 3 nitrogen and oxygen atoms in total. The second-order valence-corrected chi connectivity index (χ2v) is 3.61. The zero-order valence-corrected chi connectivity index (χ0v) is 10.0. The van der Waals surface area contributed by atoms with Gasteiger partial charge in [-0.2, -0.15) is 0 Å². The summed E-state index contributed by atoms with van der Waals surface area (Å²) in [5.41, 5.74) is 0. The molecule has 0 aromatic heterocycles. The largest absolute Gasteiger partial charge is 1.00 e. The first-order valence-electron chi connectivity index (χ1n) is 4.82. The van der Waals surface area contributed by atoms with Crippen LogP contribution in [0.4, 0.5) is 0 Å². The maximum Gasteiger partial charge on any atom is 0.243 e. The van der Waals surface area contributed by atoms with Crippen LogP contribution in [0, 0.1) is 0 Å². The molecule has 0 rings (SSSR count). The predicted molar refractivity (Wildman–Crippen MR) is 54.7 cm³/mol. The highest BCUT2D eigenvalue weighted by atomic mass is 35.5. The number of amides is 1. The van der Waals surface area contributed by atoms with Gasteiger partial charge < -0.3 is 22.6 Å². The fourth-order valence-electron chi connectivity index (χ4n) is 1.33. The number of halogens is 1. The van der Waals surface area contributed by atoms with Gasteiger partial charge in [0.25, 0.3) is 0 Å². The monoisotopic (exact) mass is 220 g/mol. The second kappa shape index (κ2) is 9.03. The zero-order chi connectivity index (χ0) is 10.3. The number of rotatable bonds is 6. The maximum absolute atomic E-state index is 11.0. The summed E-state index contributed by atoms with van der Waals surface area (Å²) in [5, 5.41) is 2.92. The van der Waals surface area contributed by atoms with Crippen molar-refractivity contribution in [2.75, 3.05) is 20.6 Å². The molecule has 0 bridgehead atoms. The average Bonchev–Trinajstić information content (AvgIpc) is 2.03. The summed E-state index contributed by atoms with van der Waals surface area (Å²) in [6.45, 7) is 6.52. The molecule has 0 aliphatic rings. The average molecular weight is 221 g/mol. The summed E-state index contributed by atoms with van der Waals surface area (Å²) >= 11 is 0. The van der Waals surface area contributed by atoms with Crippen LogP contribution in [-0.2, 0) is 4.79 Å². The minimum Gasteiger partial charge on any atom is -1.00 e. The summed E-state index contributed by atoms with van der Waals surface area (Å²) < 4.78 is 0. The van der Waals surface area contributed by atoms with Crippen molar-refractivity contribution in [3.63, 3.8) is 0 Å². The Labute approximate surface area is 93.0 Å². The Bertz CT molecular complexity index is 172. The molecule has 0 saturated heterocycles. The van der Waals surface area contributed by atoms with Gasteiger partial charge in [-0.25, -0.2) is 0 Å². The number of likely N-dealkylation sites (N-methyl/N-ethyl adjacent to an activating group) is 1. The Morgan fingerprint density at radius 1 is 1.57 bits per heavy atom. The van der Waals surface area contributed by atoms with Crippen molar-refractivity contribution in [1.82, 2.24) is 5.32 Å². The fraction of sp³-hybridized carbons (Fsp3) is 0.700. The summed E-state index contributed by atoms with van der Waals surface area (Å²) in [6.07, 6.45) is 3.45. The lowest BCUT2D eigenvalue weighted by Gasteiger charge is -2.18. The van der Waals surface area contributed by atoms with Gasteiger partial charge >= 0.3 is 0 Å². The van der Waals surface area contributed by atoms with Crippen LogP contribution in [0.25, 0.3) is 0 Å². The molecule has 0 aliphatic carbocycles. The molecule has 2 N–H and O–H groups in total. The summed E-state index contributed by atoms with van der Waals surface area (Å²) in [7, 11) is 4.17. The van der Waals surface area contributed by atoms with E-state index in [2.05, 4.69) is 32.9 Å². The molecule has 0 aromatic carbocycles. The van der Waals surface area contributed by atoms with E-state index in [1.807, 2.05) is 0 Å². The van der Waals surface area contributed by atoms with Gasteiger partial charge in [0.1, 0.15) is 0 Å². The smallest absolute Gasteiger partial charge is 0.243 e. The van der Waals surface area contributed by atoms with Crippen molar-refractivity contribution in [3.05, 3.63) is 12.7 Å². The van der Waals surface area contributed by atoms with E-state index in [4.69, 9.17) is 0 Å². The van der Waals surface area contributed by atoms with Gasteiger partial charge in [0.2, 0.25) is 5.91 Å². The molecule has 0 radical (unpaired) electrons. The van der Waals surface area contributed by atoms with Crippen LogP contribution in [-0.4, -0.2) is 32.6 Å². The van der Waals surface area contributed by atoms with E-state index in [1.54, 1.807) is 0 Å². The van der Waals surface area contributed by atoms with Gasteiger partial charge in [-0.05, 0) is 12.5 Å². The Balaban J connectivity index is 0. The highest BCUT2D eigenvalue weighted by molar-refractivity contribution is 5.87. The van der Waals surface area contributed by atoms with Gasteiger partial charge in [-0.1, -0.05) is 19.9 Å². The normalized spacial score (nSPS) is 11.7. The Morgan fingerprint density at radius 3 is 2.50 bits per heavy atom. The molecule has 0 spiro atoms. The van der Waals surface area contributed by atoms with Crippen LogP contribution in [0.2, 0.25) is 0 Å². The number of nitrogens with one attached hydrogen (secondary N) is 2. The van der Waals surface area contributed by atoms with E-state index in [0.717, 1.165) is 19.4 Å². The molecular weight excluding hydrogens is 200 g/mol. The number of hydrogen-bond acceptors (Lipinski definition) is 1. The van der Waals surface area contributed by atoms with Gasteiger partial charge in [0, 0.05) is 0 Å². The predicted octanol–water partition coefficient (Wildman–Crippen LogP) is -3.39. The number of hydrogen-bond donors (Lipinski definition) is 2. The second-order valence-electron chi connectivity index (χ2n) is 3.61. The van der Waals surface area contributed by atoms with E-state index in [0.29, 0.717) is 0 Å². The van der Waals surface area contributed by atoms with E-state index in [1.165, 1.54) is 11.0 Å². The highest BCUT2D eigenvalue weighted by Crippen LogP contribution is 1.93. The third-order valence-corrected chi connectivity index (χ3v) is 1.82. The van der Waals surface area contributed by atoms with Crippen LogP contribution in [0.15, 0.2) is 12.7 Å². The molecule has 1 amide bonds. The molecule has 14 heavy (non-hydrogen) atoms. The van der Waals surface area contributed by atoms with Gasteiger partial charge in [-0.15, -0.1) is 0 Å². The summed E-state index contributed by atoms with van der Waals surface area (Å²) in [5.74, 6) is -0.0697. The zero-order valence-electron chi connectivity index (χ0n) is 9.27. The Kier molecular flexibility index (Phi) is 10.3. The van der Waals surface area contributed by atoms with Crippen LogP contribution in [0.3, 0.4) is 0 Å². The lowest BCUT2D eigenvalue weighted by Crippen LogP contribution is -3.07. The van der Waals surface area contributed by atoms with E-state index < -0.39 is 0 Å². The first-order valence-corrected chi connectivity index (χ1v) is 4.82. The molecule has 0 aliphatic heterocycles. The molecule has 0 fully saturated rings. The van der Waals surface area contributed by atoms with Crippen LogP contribution in [0.1, 0.15) is 19.8 Å². The van der Waals surface area contributed by atoms with Gasteiger partial charge in [0.05, 0.1) is 26.7 Å². The Morgan fingerprint density at radius 2 is 2.14 bits per heavy atom. The molecule has 0 aromatic rings. The molecule has 1 unspecified atom stereocenters. The molecule has 0 heterocycles.